The first-order valence-corrected chi connectivity index (χ1v) is 18.7. The summed E-state index contributed by atoms with van der Waals surface area (Å²) in [6.45, 7) is 10.5. The summed E-state index contributed by atoms with van der Waals surface area (Å²) in [6, 6.07) is 0.578. The quantitative estimate of drug-likeness (QED) is 0.115. The molecule has 0 spiro atoms. The third-order valence-electron chi connectivity index (χ3n) is 10.6. The molecule has 282 valence electrons. The third-order valence-corrected chi connectivity index (χ3v) is 10.6. The number of carbonyl (C=O) groups excluding carboxylic acids is 3. The molecule has 7 atom stereocenters. The van der Waals surface area contributed by atoms with Gasteiger partial charge in [-0.15, -0.1) is 0 Å². The molecule has 50 heavy (non-hydrogen) atoms. The Hall–Kier alpha value is -2.96. The summed E-state index contributed by atoms with van der Waals surface area (Å²) in [7, 11) is 0. The SMILES string of the molecule is C/C(=C\C=C\[C@@H](C)COC(=O)N1CCC(F)C1)[C@H]1OC(=O)C[C@H](O)CC[C@@](C)(O)[C@@H](OC(=O)N2CCN(C3CCCCCC3)CC2)/C=C/[C@@H]1C. The Labute approximate surface area is 297 Å². The number of alkyl halides is 1. The number of amides is 2. The highest BCUT2D eigenvalue weighted by atomic mass is 19.1. The van der Waals surface area contributed by atoms with Gasteiger partial charge in [0.05, 0.1) is 25.7 Å². The molecule has 1 aliphatic carbocycles. The van der Waals surface area contributed by atoms with Gasteiger partial charge in [-0.1, -0.05) is 63.8 Å². The summed E-state index contributed by atoms with van der Waals surface area (Å²) in [5, 5.41) is 22.2. The zero-order valence-corrected chi connectivity index (χ0v) is 30.5. The summed E-state index contributed by atoms with van der Waals surface area (Å²) in [6.07, 6.45) is 12.1. The lowest BCUT2D eigenvalue weighted by molar-refractivity contribution is -0.151. The Kier molecular flexibility index (Phi) is 15.2. The molecule has 0 aromatic rings. The average Bonchev–Trinajstić information content (AvgIpc) is 3.34. The van der Waals surface area contributed by atoms with Crippen molar-refractivity contribution in [2.24, 2.45) is 11.8 Å². The van der Waals surface area contributed by atoms with Crippen molar-refractivity contribution in [1.29, 1.82) is 0 Å². The molecule has 2 saturated heterocycles. The lowest BCUT2D eigenvalue weighted by Crippen LogP contribution is -2.53. The van der Waals surface area contributed by atoms with Crippen LogP contribution >= 0.6 is 0 Å². The number of hydrogen-bond donors (Lipinski definition) is 2. The van der Waals surface area contributed by atoms with Crippen molar-refractivity contribution < 1.29 is 43.2 Å². The second-order valence-corrected chi connectivity index (χ2v) is 15.1. The highest BCUT2D eigenvalue weighted by molar-refractivity contribution is 5.70. The molecule has 0 radical (unpaired) electrons. The molecule has 0 aromatic heterocycles. The van der Waals surface area contributed by atoms with Crippen LogP contribution in [0.1, 0.15) is 91.9 Å². The highest BCUT2D eigenvalue weighted by Crippen LogP contribution is 2.28. The van der Waals surface area contributed by atoms with Gasteiger partial charge in [-0.2, -0.15) is 0 Å². The van der Waals surface area contributed by atoms with Crippen molar-refractivity contribution in [1.82, 2.24) is 14.7 Å². The van der Waals surface area contributed by atoms with Gasteiger partial charge in [-0.25, -0.2) is 14.0 Å². The zero-order chi connectivity index (χ0) is 36.3. The Bertz CT molecular complexity index is 1210. The van der Waals surface area contributed by atoms with Crippen molar-refractivity contribution in [2.45, 2.75) is 128 Å². The number of cyclic esters (lactones) is 1. The van der Waals surface area contributed by atoms with Crippen molar-refractivity contribution in [3.8, 4) is 0 Å². The normalized spacial score (nSPS) is 32.8. The fourth-order valence-corrected chi connectivity index (χ4v) is 7.25. The number of aliphatic hydroxyl groups excluding tert-OH is 1. The van der Waals surface area contributed by atoms with Gasteiger partial charge in [0.15, 0.2) is 6.10 Å². The van der Waals surface area contributed by atoms with Crippen molar-refractivity contribution in [3.05, 3.63) is 36.0 Å². The Morgan fingerprint density at radius 3 is 2.40 bits per heavy atom. The number of hydrogen-bond acceptors (Lipinski definition) is 9. The first-order valence-electron chi connectivity index (χ1n) is 18.7. The van der Waals surface area contributed by atoms with E-state index in [1.807, 2.05) is 39.0 Å². The topological polar surface area (TPSA) is 129 Å². The molecule has 1 unspecified atom stereocenters. The number of nitrogens with zero attached hydrogens (tertiary/aromatic N) is 3. The van der Waals surface area contributed by atoms with Crippen LogP contribution < -0.4 is 0 Å². The fraction of sp³-hybridized carbons (Fsp3) is 0.763. The lowest BCUT2D eigenvalue weighted by atomic mass is 9.89. The number of aliphatic hydroxyl groups is 2. The van der Waals surface area contributed by atoms with E-state index in [0.717, 1.165) is 18.7 Å². The van der Waals surface area contributed by atoms with Crippen molar-refractivity contribution in [2.75, 3.05) is 45.9 Å². The molecule has 4 aliphatic rings. The van der Waals surface area contributed by atoms with Gasteiger partial charge >= 0.3 is 18.2 Å². The number of ether oxygens (including phenoxy) is 3. The molecule has 1 saturated carbocycles. The van der Waals surface area contributed by atoms with E-state index in [2.05, 4.69) is 4.90 Å². The second-order valence-electron chi connectivity index (χ2n) is 15.1. The number of likely N-dealkylation sites (tertiary alicyclic amines) is 1. The number of carbonyl (C=O) groups is 3. The van der Waals surface area contributed by atoms with Crippen LogP contribution in [0.4, 0.5) is 14.0 Å². The van der Waals surface area contributed by atoms with Crippen LogP contribution in [0, 0.1) is 11.8 Å². The molecule has 0 aromatic carbocycles. The first-order chi connectivity index (χ1) is 23.8. The van der Waals surface area contributed by atoms with Crippen LogP contribution in [0.5, 0.6) is 0 Å². The van der Waals surface area contributed by atoms with Crippen LogP contribution in [0.15, 0.2) is 36.0 Å². The molecule has 2 amide bonds. The summed E-state index contributed by atoms with van der Waals surface area (Å²) >= 11 is 0. The van der Waals surface area contributed by atoms with Crippen LogP contribution in [-0.4, -0.2) is 125 Å². The fourth-order valence-electron chi connectivity index (χ4n) is 7.25. The molecular weight excluding hydrogens is 645 g/mol. The van der Waals surface area contributed by atoms with Gasteiger partial charge in [0, 0.05) is 50.6 Å². The van der Waals surface area contributed by atoms with E-state index in [1.165, 1.54) is 43.4 Å². The molecule has 12 heteroatoms. The average molecular weight is 706 g/mol. The largest absolute Gasteiger partial charge is 0.457 e. The lowest BCUT2D eigenvalue weighted by Gasteiger charge is -2.40. The maximum absolute atomic E-state index is 13.4. The summed E-state index contributed by atoms with van der Waals surface area (Å²) < 4.78 is 30.6. The van der Waals surface area contributed by atoms with Gasteiger partial charge in [-0.05, 0) is 57.6 Å². The van der Waals surface area contributed by atoms with E-state index in [4.69, 9.17) is 14.2 Å². The van der Waals surface area contributed by atoms with E-state index < -0.39 is 48.2 Å². The zero-order valence-electron chi connectivity index (χ0n) is 30.5. The van der Waals surface area contributed by atoms with Crippen LogP contribution in [-0.2, 0) is 19.0 Å². The molecule has 3 heterocycles. The predicted molar refractivity (Wildman–Crippen MR) is 188 cm³/mol. The molecule has 0 bridgehead atoms. The highest BCUT2D eigenvalue weighted by Gasteiger charge is 2.37. The Morgan fingerprint density at radius 2 is 1.74 bits per heavy atom. The van der Waals surface area contributed by atoms with Crippen LogP contribution in [0.2, 0.25) is 0 Å². The predicted octanol–water partition coefficient (Wildman–Crippen LogP) is 5.55. The minimum Gasteiger partial charge on any atom is -0.457 e. The monoisotopic (exact) mass is 705 g/mol. The van der Waals surface area contributed by atoms with E-state index in [9.17, 15) is 29.0 Å². The Balaban J connectivity index is 1.39. The van der Waals surface area contributed by atoms with Crippen LogP contribution in [0.25, 0.3) is 0 Å². The van der Waals surface area contributed by atoms with E-state index >= 15 is 0 Å². The van der Waals surface area contributed by atoms with Crippen molar-refractivity contribution in [3.63, 3.8) is 0 Å². The van der Waals surface area contributed by atoms with Gasteiger partial charge in [-0.3, -0.25) is 9.69 Å². The first kappa shape index (κ1) is 39.8. The number of piperazine rings is 1. The second kappa shape index (κ2) is 19.0. The number of esters is 1. The minimum atomic E-state index is -1.48. The third kappa shape index (κ3) is 12.1. The minimum absolute atomic E-state index is 0.0626. The molecule has 4 rings (SSSR count). The maximum Gasteiger partial charge on any atom is 0.410 e. The van der Waals surface area contributed by atoms with E-state index in [-0.39, 0.29) is 44.2 Å². The van der Waals surface area contributed by atoms with Gasteiger partial charge in [0.25, 0.3) is 0 Å². The number of allylic oxidation sites excluding steroid dienone is 2. The summed E-state index contributed by atoms with van der Waals surface area (Å²) in [4.78, 5) is 44.1. The summed E-state index contributed by atoms with van der Waals surface area (Å²) in [5.41, 5.74) is -0.746. The van der Waals surface area contributed by atoms with Gasteiger partial charge in [0.2, 0.25) is 0 Å². The smallest absolute Gasteiger partial charge is 0.410 e. The molecule has 2 N–H and O–H groups in total. The molecule has 3 aliphatic heterocycles. The van der Waals surface area contributed by atoms with Crippen LogP contribution in [0.3, 0.4) is 0 Å². The summed E-state index contributed by atoms with van der Waals surface area (Å²) in [5.74, 6) is -1.03. The molecule has 3 fully saturated rings. The van der Waals surface area contributed by atoms with E-state index in [0.29, 0.717) is 32.1 Å². The van der Waals surface area contributed by atoms with Gasteiger partial charge < -0.3 is 34.2 Å². The Morgan fingerprint density at radius 1 is 1.04 bits per heavy atom. The number of rotatable bonds is 7. The van der Waals surface area contributed by atoms with Gasteiger partial charge in [0.1, 0.15) is 17.9 Å². The van der Waals surface area contributed by atoms with E-state index in [1.54, 1.807) is 24.0 Å². The molecule has 11 nitrogen and oxygen atoms in total. The number of halogens is 1. The standard InChI is InChI=1S/C38H60FN3O8/c1-27(26-48-36(45)42-19-17-30(39)25-42)10-9-11-28(2)35-29(3)14-15-33(38(4,47)18-16-32(43)24-34(44)50-35)49-37(46)41-22-20-40(21-23-41)31-12-7-5-6-8-13-31/h9-11,14-15,27,29-33,35,43,47H,5-8,12-13,16-26H2,1-4H3/b10-9+,15-14+,28-11+/t27-,29+,30?,32-,33+,35-,38-/m1/s1. The maximum atomic E-state index is 13.4. The van der Waals surface area contributed by atoms with Crippen molar-refractivity contribution >= 4 is 18.2 Å². The molecular formula is C38H60FN3O8.